The van der Waals surface area contributed by atoms with Crippen LogP contribution in [-0.4, -0.2) is 11.9 Å². The smallest absolute Gasteiger partial charge is 0.222 e. The van der Waals surface area contributed by atoms with Crippen molar-refractivity contribution in [2.45, 2.75) is 64.0 Å². The van der Waals surface area contributed by atoms with Crippen LogP contribution in [0.1, 0.15) is 63.5 Å². The number of hydrogen-bond donors (Lipinski definition) is 2. The summed E-state index contributed by atoms with van der Waals surface area (Å²) in [6.07, 6.45) is 7.85. The Morgan fingerprint density at radius 3 is 2.52 bits per heavy atom. The molecule has 1 aromatic carbocycles. The van der Waals surface area contributed by atoms with Crippen LogP contribution < -0.4 is 11.1 Å². The van der Waals surface area contributed by atoms with E-state index in [1.165, 1.54) is 32.1 Å². The van der Waals surface area contributed by atoms with Gasteiger partial charge in [-0.15, -0.1) is 0 Å². The zero-order valence-corrected chi connectivity index (χ0v) is 13.1. The molecular formula is C18H28N2O. The van der Waals surface area contributed by atoms with Crippen LogP contribution in [0.5, 0.6) is 0 Å². The summed E-state index contributed by atoms with van der Waals surface area (Å²) < 4.78 is 0. The predicted octanol–water partition coefficient (Wildman–Crippen LogP) is 3.55. The minimum absolute atomic E-state index is 0.0868. The van der Waals surface area contributed by atoms with Gasteiger partial charge in [0.25, 0.3) is 0 Å². The van der Waals surface area contributed by atoms with Gasteiger partial charge in [-0.25, -0.2) is 0 Å². The van der Waals surface area contributed by atoms with Crippen molar-refractivity contribution in [1.82, 2.24) is 5.32 Å². The van der Waals surface area contributed by atoms with Crippen LogP contribution in [-0.2, 0) is 4.79 Å². The Morgan fingerprint density at radius 2 is 1.90 bits per heavy atom. The van der Waals surface area contributed by atoms with Gasteiger partial charge in [0.1, 0.15) is 0 Å². The third kappa shape index (κ3) is 4.85. The third-order valence-corrected chi connectivity index (χ3v) is 4.64. The SMILES string of the molecule is CCC(NC(=O)CC(N)c1ccccc1)C1CCCCC1. The van der Waals surface area contributed by atoms with E-state index < -0.39 is 0 Å². The van der Waals surface area contributed by atoms with Gasteiger partial charge in [0.05, 0.1) is 0 Å². The lowest BCUT2D eigenvalue weighted by molar-refractivity contribution is -0.122. The van der Waals surface area contributed by atoms with Crippen LogP contribution in [0, 0.1) is 5.92 Å². The number of hydrogen-bond acceptors (Lipinski definition) is 2. The Labute approximate surface area is 128 Å². The molecule has 1 amide bonds. The normalized spacial score (nSPS) is 19.0. The first-order chi connectivity index (χ1) is 10.2. The molecule has 0 bridgehead atoms. The summed E-state index contributed by atoms with van der Waals surface area (Å²) in [6.45, 7) is 2.16. The van der Waals surface area contributed by atoms with Crippen molar-refractivity contribution in [2.75, 3.05) is 0 Å². The summed E-state index contributed by atoms with van der Waals surface area (Å²) in [7, 11) is 0. The number of nitrogens with one attached hydrogen (secondary N) is 1. The molecule has 2 rings (SSSR count). The molecule has 0 aromatic heterocycles. The van der Waals surface area contributed by atoms with Crippen molar-refractivity contribution in [1.29, 1.82) is 0 Å². The van der Waals surface area contributed by atoms with E-state index in [0.717, 1.165) is 12.0 Å². The summed E-state index contributed by atoms with van der Waals surface area (Å²) in [5, 5.41) is 3.22. The van der Waals surface area contributed by atoms with Gasteiger partial charge in [-0.3, -0.25) is 4.79 Å². The number of carbonyl (C=O) groups excluding carboxylic acids is 1. The Morgan fingerprint density at radius 1 is 1.24 bits per heavy atom. The predicted molar refractivity (Wildman–Crippen MR) is 86.8 cm³/mol. The Bertz CT molecular complexity index is 426. The van der Waals surface area contributed by atoms with Crippen LogP contribution in [0.25, 0.3) is 0 Å². The number of carbonyl (C=O) groups is 1. The maximum Gasteiger partial charge on any atom is 0.222 e. The fourth-order valence-corrected chi connectivity index (χ4v) is 3.37. The quantitative estimate of drug-likeness (QED) is 0.841. The average Bonchev–Trinajstić information content (AvgIpc) is 2.54. The second kappa shape index (κ2) is 8.18. The summed E-state index contributed by atoms with van der Waals surface area (Å²) in [5.74, 6) is 0.740. The first-order valence-corrected chi connectivity index (χ1v) is 8.30. The molecule has 1 aliphatic rings. The summed E-state index contributed by atoms with van der Waals surface area (Å²) in [6, 6.07) is 9.96. The minimum atomic E-state index is -0.213. The third-order valence-electron chi connectivity index (χ3n) is 4.64. The van der Waals surface area contributed by atoms with Crippen molar-refractivity contribution in [3.05, 3.63) is 35.9 Å². The van der Waals surface area contributed by atoms with Crippen LogP contribution in [0.4, 0.5) is 0 Å². The molecule has 116 valence electrons. The van der Waals surface area contributed by atoms with E-state index in [2.05, 4.69) is 12.2 Å². The molecule has 3 nitrogen and oxygen atoms in total. The number of nitrogens with two attached hydrogens (primary N) is 1. The Hall–Kier alpha value is -1.35. The molecule has 0 radical (unpaired) electrons. The lowest BCUT2D eigenvalue weighted by Gasteiger charge is -2.30. The van der Waals surface area contributed by atoms with E-state index in [1.54, 1.807) is 0 Å². The molecule has 2 atom stereocenters. The molecule has 0 aliphatic heterocycles. The van der Waals surface area contributed by atoms with E-state index in [1.807, 2.05) is 30.3 Å². The molecule has 0 spiro atoms. The fourth-order valence-electron chi connectivity index (χ4n) is 3.37. The van der Waals surface area contributed by atoms with E-state index in [0.29, 0.717) is 18.4 Å². The molecule has 2 unspecified atom stereocenters. The van der Waals surface area contributed by atoms with Gasteiger partial charge in [0, 0.05) is 18.5 Å². The Balaban J connectivity index is 1.84. The zero-order valence-electron chi connectivity index (χ0n) is 13.1. The second-order valence-electron chi connectivity index (χ2n) is 6.20. The van der Waals surface area contributed by atoms with Gasteiger partial charge < -0.3 is 11.1 Å². The molecule has 1 aromatic rings. The highest BCUT2D eigenvalue weighted by Gasteiger charge is 2.24. The molecule has 1 aliphatic carbocycles. The minimum Gasteiger partial charge on any atom is -0.353 e. The molecule has 3 N–H and O–H groups in total. The number of rotatable bonds is 6. The van der Waals surface area contributed by atoms with Crippen molar-refractivity contribution >= 4 is 5.91 Å². The van der Waals surface area contributed by atoms with Crippen LogP contribution >= 0.6 is 0 Å². The lowest BCUT2D eigenvalue weighted by atomic mass is 9.83. The molecule has 0 heterocycles. The van der Waals surface area contributed by atoms with Crippen LogP contribution in [0.2, 0.25) is 0 Å². The van der Waals surface area contributed by atoms with Crippen LogP contribution in [0.3, 0.4) is 0 Å². The molecule has 3 heteroatoms. The van der Waals surface area contributed by atoms with Crippen LogP contribution in [0.15, 0.2) is 30.3 Å². The highest BCUT2D eigenvalue weighted by molar-refractivity contribution is 5.77. The van der Waals surface area contributed by atoms with Crippen molar-refractivity contribution < 1.29 is 4.79 Å². The fraction of sp³-hybridized carbons (Fsp3) is 0.611. The van der Waals surface area contributed by atoms with Crippen molar-refractivity contribution in [3.8, 4) is 0 Å². The summed E-state index contributed by atoms with van der Waals surface area (Å²) >= 11 is 0. The van der Waals surface area contributed by atoms with Crippen molar-refractivity contribution in [3.63, 3.8) is 0 Å². The number of benzene rings is 1. The standard InChI is InChI=1S/C18H28N2O/c1-2-17(15-11-7-4-8-12-15)20-18(21)13-16(19)14-9-5-3-6-10-14/h3,5-6,9-10,15-17H,2,4,7-8,11-13,19H2,1H3,(H,20,21). The van der Waals surface area contributed by atoms with E-state index in [4.69, 9.17) is 5.73 Å². The zero-order chi connectivity index (χ0) is 15.1. The number of amides is 1. The van der Waals surface area contributed by atoms with Gasteiger partial charge in [0.2, 0.25) is 5.91 Å². The molecule has 1 fully saturated rings. The Kier molecular flexibility index (Phi) is 6.24. The maximum absolute atomic E-state index is 12.2. The highest BCUT2D eigenvalue weighted by atomic mass is 16.1. The summed E-state index contributed by atoms with van der Waals surface area (Å²) in [5.41, 5.74) is 7.16. The van der Waals surface area contributed by atoms with E-state index in [-0.39, 0.29) is 11.9 Å². The first-order valence-electron chi connectivity index (χ1n) is 8.30. The van der Waals surface area contributed by atoms with Gasteiger partial charge in [0.15, 0.2) is 0 Å². The van der Waals surface area contributed by atoms with Gasteiger partial charge in [-0.1, -0.05) is 56.5 Å². The molecule has 1 saturated carbocycles. The highest BCUT2D eigenvalue weighted by Crippen LogP contribution is 2.28. The first kappa shape index (κ1) is 16.0. The lowest BCUT2D eigenvalue weighted by Crippen LogP contribution is -2.41. The van der Waals surface area contributed by atoms with E-state index >= 15 is 0 Å². The van der Waals surface area contributed by atoms with Gasteiger partial charge >= 0.3 is 0 Å². The molecule has 21 heavy (non-hydrogen) atoms. The maximum atomic E-state index is 12.2. The average molecular weight is 288 g/mol. The van der Waals surface area contributed by atoms with E-state index in [9.17, 15) is 4.79 Å². The topological polar surface area (TPSA) is 55.1 Å². The monoisotopic (exact) mass is 288 g/mol. The molecule has 0 saturated heterocycles. The molecular weight excluding hydrogens is 260 g/mol. The second-order valence-corrected chi connectivity index (χ2v) is 6.20. The van der Waals surface area contributed by atoms with Crippen molar-refractivity contribution in [2.24, 2.45) is 11.7 Å². The largest absolute Gasteiger partial charge is 0.353 e. The summed E-state index contributed by atoms with van der Waals surface area (Å²) in [4.78, 5) is 12.2. The van der Waals surface area contributed by atoms with Gasteiger partial charge in [-0.05, 0) is 30.7 Å². The van der Waals surface area contributed by atoms with Gasteiger partial charge in [-0.2, -0.15) is 0 Å².